The van der Waals surface area contributed by atoms with E-state index in [1.807, 2.05) is 0 Å². The van der Waals surface area contributed by atoms with Gasteiger partial charge in [-0.05, 0) is 25.0 Å². The van der Waals surface area contributed by atoms with Crippen molar-refractivity contribution >= 4 is 21.4 Å². The van der Waals surface area contributed by atoms with Gasteiger partial charge in [-0.2, -0.15) is 0 Å². The zero-order valence-electron chi connectivity index (χ0n) is 7.61. The molecule has 0 bridgehead atoms. The zero-order chi connectivity index (χ0) is 10.2. The molecule has 0 aliphatic heterocycles. The first-order valence-corrected chi connectivity index (χ1v) is 6.52. The van der Waals surface area contributed by atoms with E-state index < -0.39 is 14.7 Å². The van der Waals surface area contributed by atoms with Crippen molar-refractivity contribution in [3.63, 3.8) is 0 Å². The number of halogens is 1. The van der Waals surface area contributed by atoms with Crippen LogP contribution in [-0.2, 0) is 9.84 Å². The van der Waals surface area contributed by atoms with E-state index in [4.69, 9.17) is 11.6 Å². The van der Waals surface area contributed by atoms with Crippen molar-refractivity contribution in [3.05, 3.63) is 30.3 Å². The largest absolute Gasteiger partial charge is 0.224 e. The maximum absolute atomic E-state index is 11.8. The van der Waals surface area contributed by atoms with Crippen LogP contribution in [-0.4, -0.2) is 19.0 Å². The Bertz CT molecular complexity index is 421. The third-order valence-corrected chi connectivity index (χ3v) is 4.94. The minimum absolute atomic E-state index is 0.0611. The monoisotopic (exact) mass is 230 g/mol. The van der Waals surface area contributed by atoms with Gasteiger partial charge >= 0.3 is 0 Å². The Morgan fingerprint density at radius 3 is 2.29 bits per heavy atom. The molecule has 0 amide bonds. The summed E-state index contributed by atoms with van der Waals surface area (Å²) in [4.78, 5) is -0.110. The van der Waals surface area contributed by atoms with Crippen LogP contribution < -0.4 is 0 Å². The van der Waals surface area contributed by atoms with Crippen LogP contribution >= 0.6 is 11.6 Å². The van der Waals surface area contributed by atoms with Gasteiger partial charge in [-0.3, -0.25) is 0 Å². The summed E-state index contributed by atoms with van der Waals surface area (Å²) in [6.07, 6.45) is 1.61. The molecule has 2 nitrogen and oxygen atoms in total. The van der Waals surface area contributed by atoms with Gasteiger partial charge in [0, 0.05) is 0 Å². The molecule has 0 unspecified atom stereocenters. The first kappa shape index (κ1) is 9.99. The Labute approximate surface area is 88.8 Å². The van der Waals surface area contributed by atoms with Crippen LogP contribution in [0.25, 0.3) is 0 Å². The molecule has 1 saturated carbocycles. The number of hydrogen-bond donors (Lipinski definition) is 0. The van der Waals surface area contributed by atoms with Crippen molar-refractivity contribution in [2.45, 2.75) is 22.6 Å². The number of alkyl halides is 1. The topological polar surface area (TPSA) is 34.1 Å². The molecule has 1 aromatic rings. The minimum atomic E-state index is -3.19. The number of hydrogen-bond acceptors (Lipinski definition) is 2. The molecule has 1 fully saturated rings. The average Bonchev–Trinajstić information content (AvgIpc) is 2.84. The lowest BCUT2D eigenvalue weighted by Crippen LogP contribution is -2.17. The summed E-state index contributed by atoms with van der Waals surface area (Å²) in [5.74, 6) is 0.0611. The molecule has 14 heavy (non-hydrogen) atoms. The molecule has 0 radical (unpaired) electrons. The molecule has 1 aliphatic rings. The molecule has 76 valence electrons. The van der Waals surface area contributed by atoms with E-state index in [1.165, 1.54) is 0 Å². The fourth-order valence-electron chi connectivity index (χ4n) is 1.33. The Morgan fingerprint density at radius 1 is 1.21 bits per heavy atom. The van der Waals surface area contributed by atoms with Crippen molar-refractivity contribution in [1.82, 2.24) is 0 Å². The quantitative estimate of drug-likeness (QED) is 0.747. The number of rotatable bonds is 3. The maximum atomic E-state index is 11.8. The first-order valence-electron chi connectivity index (χ1n) is 4.49. The van der Waals surface area contributed by atoms with Crippen LogP contribution in [0.5, 0.6) is 0 Å². The highest BCUT2D eigenvalue weighted by Gasteiger charge is 2.44. The Hall–Kier alpha value is -0.540. The molecule has 1 aliphatic carbocycles. The van der Waals surface area contributed by atoms with Crippen LogP contribution in [0.4, 0.5) is 0 Å². The summed E-state index contributed by atoms with van der Waals surface area (Å²) in [5.41, 5.74) is 0. The fourth-order valence-corrected chi connectivity index (χ4v) is 3.57. The van der Waals surface area contributed by atoms with Crippen molar-refractivity contribution in [2.24, 2.45) is 0 Å². The summed E-state index contributed by atoms with van der Waals surface area (Å²) in [5, 5.41) is 0. The number of sulfone groups is 1. The predicted molar refractivity (Wildman–Crippen MR) is 56.3 cm³/mol. The molecule has 0 atom stereocenters. The molecule has 0 heterocycles. The Kier molecular flexibility index (Phi) is 2.32. The minimum Gasteiger partial charge on any atom is -0.224 e. The lowest BCUT2D eigenvalue weighted by molar-refractivity contribution is 0.593. The van der Waals surface area contributed by atoms with Crippen LogP contribution in [0.1, 0.15) is 12.8 Å². The van der Waals surface area contributed by atoms with Gasteiger partial charge in [-0.25, -0.2) is 8.42 Å². The zero-order valence-corrected chi connectivity index (χ0v) is 9.18. The standard InChI is InChI=1S/C10H11ClO2S/c11-10(6-7-10)8-14(12,13)9-4-2-1-3-5-9/h1-5H,6-8H2. The molecular weight excluding hydrogens is 220 g/mol. The van der Waals surface area contributed by atoms with Gasteiger partial charge in [0.05, 0.1) is 15.5 Å². The van der Waals surface area contributed by atoms with E-state index in [-0.39, 0.29) is 5.75 Å². The van der Waals surface area contributed by atoms with Crippen molar-refractivity contribution in [1.29, 1.82) is 0 Å². The second-order valence-corrected chi connectivity index (χ2v) is 6.51. The van der Waals surface area contributed by atoms with Gasteiger partial charge in [0.15, 0.2) is 9.84 Å². The first-order chi connectivity index (χ1) is 6.52. The molecular formula is C10H11ClO2S. The van der Waals surface area contributed by atoms with Gasteiger partial charge in [0.25, 0.3) is 0 Å². The summed E-state index contributed by atoms with van der Waals surface area (Å²) >= 11 is 6.00. The van der Waals surface area contributed by atoms with Crippen molar-refractivity contribution in [2.75, 3.05) is 5.75 Å². The Balaban J connectivity index is 2.25. The SMILES string of the molecule is O=S(=O)(CC1(Cl)CC1)c1ccccc1. The van der Waals surface area contributed by atoms with Crippen LogP contribution in [0.2, 0.25) is 0 Å². The van der Waals surface area contributed by atoms with Gasteiger partial charge in [-0.1, -0.05) is 18.2 Å². The van der Waals surface area contributed by atoms with Crippen LogP contribution in [0.3, 0.4) is 0 Å². The molecule has 0 N–H and O–H groups in total. The van der Waals surface area contributed by atoms with E-state index in [0.29, 0.717) is 4.90 Å². The van der Waals surface area contributed by atoms with E-state index in [0.717, 1.165) is 12.8 Å². The normalized spacial score (nSPS) is 19.2. The smallest absolute Gasteiger partial charge is 0.180 e. The lowest BCUT2D eigenvalue weighted by Gasteiger charge is -2.07. The highest BCUT2D eigenvalue weighted by molar-refractivity contribution is 7.91. The third-order valence-electron chi connectivity index (χ3n) is 2.34. The molecule has 1 aromatic carbocycles. The van der Waals surface area contributed by atoms with Crippen LogP contribution in [0, 0.1) is 0 Å². The summed E-state index contributed by atoms with van der Waals surface area (Å²) in [6, 6.07) is 8.46. The average molecular weight is 231 g/mol. The molecule has 2 rings (SSSR count). The lowest BCUT2D eigenvalue weighted by atomic mass is 10.4. The highest BCUT2D eigenvalue weighted by Crippen LogP contribution is 2.44. The van der Waals surface area contributed by atoms with Gasteiger partial charge < -0.3 is 0 Å². The molecule has 0 saturated heterocycles. The van der Waals surface area contributed by atoms with E-state index in [9.17, 15) is 8.42 Å². The summed E-state index contributed by atoms with van der Waals surface area (Å²) in [6.45, 7) is 0. The van der Waals surface area contributed by atoms with Crippen molar-refractivity contribution in [3.8, 4) is 0 Å². The van der Waals surface area contributed by atoms with Gasteiger partial charge in [0.2, 0.25) is 0 Å². The maximum Gasteiger partial charge on any atom is 0.180 e. The molecule has 0 spiro atoms. The summed E-state index contributed by atoms with van der Waals surface area (Å²) < 4.78 is 23.6. The highest BCUT2D eigenvalue weighted by atomic mass is 35.5. The molecule has 4 heteroatoms. The van der Waals surface area contributed by atoms with Crippen LogP contribution in [0.15, 0.2) is 35.2 Å². The second kappa shape index (κ2) is 3.24. The van der Waals surface area contributed by atoms with E-state index in [2.05, 4.69) is 0 Å². The molecule has 0 aromatic heterocycles. The van der Waals surface area contributed by atoms with Gasteiger partial charge in [0.1, 0.15) is 0 Å². The van der Waals surface area contributed by atoms with Gasteiger partial charge in [-0.15, -0.1) is 11.6 Å². The number of benzene rings is 1. The summed E-state index contributed by atoms with van der Waals surface area (Å²) in [7, 11) is -3.19. The van der Waals surface area contributed by atoms with E-state index >= 15 is 0 Å². The second-order valence-electron chi connectivity index (χ2n) is 3.72. The third kappa shape index (κ3) is 2.10. The fraction of sp³-hybridized carbons (Fsp3) is 0.400. The van der Waals surface area contributed by atoms with E-state index in [1.54, 1.807) is 30.3 Å². The Morgan fingerprint density at radius 2 is 1.79 bits per heavy atom. The predicted octanol–water partition coefficient (Wildman–Crippen LogP) is 2.23. The van der Waals surface area contributed by atoms with Crippen molar-refractivity contribution < 1.29 is 8.42 Å².